The van der Waals surface area contributed by atoms with Gasteiger partial charge in [0.1, 0.15) is 0 Å². The molecule has 0 fully saturated rings. The molecular weight excluding hydrogens is 360 g/mol. The summed E-state index contributed by atoms with van der Waals surface area (Å²) < 4.78 is 63.1. The van der Waals surface area contributed by atoms with Crippen molar-refractivity contribution in [1.29, 1.82) is 0 Å². The number of hydrogen-bond acceptors (Lipinski definition) is 10. The third-order valence-corrected chi connectivity index (χ3v) is 3.54. The van der Waals surface area contributed by atoms with E-state index in [1.165, 1.54) is 13.8 Å². The summed E-state index contributed by atoms with van der Waals surface area (Å²) in [6.07, 6.45) is -2.03. The van der Waals surface area contributed by atoms with Crippen LogP contribution in [0.1, 0.15) is 13.8 Å². The quantitative estimate of drug-likeness (QED) is 0.240. The SMILES string of the molecule is COCCOCCOC(C)OS(=O)(=O)OC(C)OCCOCCOC. The first kappa shape index (κ1) is 24.6. The molecule has 10 nitrogen and oxygen atoms in total. The number of methoxy groups -OCH3 is 2. The molecule has 0 aromatic heterocycles. The maximum Gasteiger partial charge on any atom is 0.404 e. The standard InChI is InChI=1S/C14H30O10S/c1-13(21-11-9-19-7-5-17-3)23-25(15,16)24-14(2)22-12-10-20-8-6-18-4/h13-14H,5-12H2,1-4H3. The van der Waals surface area contributed by atoms with E-state index in [0.717, 1.165) is 0 Å². The third-order valence-electron chi connectivity index (χ3n) is 2.53. The molecule has 0 saturated carbocycles. The minimum atomic E-state index is -4.25. The molecule has 0 rings (SSSR count). The largest absolute Gasteiger partial charge is 0.404 e. The highest BCUT2D eigenvalue weighted by molar-refractivity contribution is 7.81. The van der Waals surface area contributed by atoms with E-state index in [1.807, 2.05) is 0 Å². The first-order chi connectivity index (χ1) is 11.9. The second-order valence-electron chi connectivity index (χ2n) is 4.69. The van der Waals surface area contributed by atoms with Crippen molar-refractivity contribution in [3.8, 4) is 0 Å². The van der Waals surface area contributed by atoms with Crippen molar-refractivity contribution in [3.63, 3.8) is 0 Å². The maximum atomic E-state index is 11.7. The lowest BCUT2D eigenvalue weighted by Gasteiger charge is -2.17. The van der Waals surface area contributed by atoms with Gasteiger partial charge in [0.2, 0.25) is 0 Å². The van der Waals surface area contributed by atoms with Crippen LogP contribution < -0.4 is 0 Å². The van der Waals surface area contributed by atoms with Crippen molar-refractivity contribution >= 4 is 10.4 Å². The summed E-state index contributed by atoms with van der Waals surface area (Å²) in [7, 11) is -1.12. The van der Waals surface area contributed by atoms with Gasteiger partial charge in [0.05, 0.1) is 52.9 Å². The van der Waals surface area contributed by atoms with Crippen LogP contribution in [0.2, 0.25) is 0 Å². The molecule has 2 unspecified atom stereocenters. The van der Waals surface area contributed by atoms with E-state index in [4.69, 9.17) is 36.8 Å². The Bertz CT molecular complexity index is 359. The predicted molar refractivity (Wildman–Crippen MR) is 87.3 cm³/mol. The average Bonchev–Trinajstić information content (AvgIpc) is 2.53. The number of hydrogen-bond donors (Lipinski definition) is 0. The van der Waals surface area contributed by atoms with Crippen LogP contribution in [-0.4, -0.2) is 88.1 Å². The van der Waals surface area contributed by atoms with Crippen LogP contribution in [0.3, 0.4) is 0 Å². The van der Waals surface area contributed by atoms with Crippen molar-refractivity contribution < 1.29 is 45.2 Å². The van der Waals surface area contributed by atoms with E-state index in [-0.39, 0.29) is 13.2 Å². The Labute approximate surface area is 149 Å². The van der Waals surface area contributed by atoms with Crippen LogP contribution in [0.15, 0.2) is 0 Å². The minimum absolute atomic E-state index is 0.172. The molecule has 2 atom stereocenters. The Morgan fingerprint density at radius 1 is 0.640 bits per heavy atom. The van der Waals surface area contributed by atoms with Gasteiger partial charge in [-0.25, -0.2) is 8.37 Å². The van der Waals surface area contributed by atoms with Gasteiger partial charge >= 0.3 is 10.4 Å². The summed E-state index contributed by atoms with van der Waals surface area (Å²) in [6, 6.07) is 0. The molecule has 0 aliphatic rings. The Morgan fingerprint density at radius 2 is 1.00 bits per heavy atom. The van der Waals surface area contributed by atoms with Crippen LogP contribution in [0.5, 0.6) is 0 Å². The first-order valence-corrected chi connectivity index (χ1v) is 9.22. The van der Waals surface area contributed by atoms with Crippen LogP contribution in [0.25, 0.3) is 0 Å². The lowest BCUT2D eigenvalue weighted by Crippen LogP contribution is -2.26. The van der Waals surface area contributed by atoms with Gasteiger partial charge in [-0.05, 0) is 13.8 Å². The molecular formula is C14H30O10S. The minimum Gasteiger partial charge on any atom is -0.382 e. The fourth-order valence-corrected chi connectivity index (χ4v) is 2.27. The Hall–Kier alpha value is -0.370. The molecule has 0 aliphatic carbocycles. The molecule has 0 aromatic rings. The normalized spacial score (nSPS) is 14.6. The van der Waals surface area contributed by atoms with Gasteiger partial charge in [-0.15, -0.1) is 0 Å². The molecule has 0 radical (unpaired) electrons. The van der Waals surface area contributed by atoms with E-state index >= 15 is 0 Å². The lowest BCUT2D eigenvalue weighted by atomic mass is 10.7. The smallest absolute Gasteiger partial charge is 0.382 e. The summed E-state index contributed by atoms with van der Waals surface area (Å²) >= 11 is 0. The van der Waals surface area contributed by atoms with Gasteiger partial charge in [0, 0.05) is 14.2 Å². The molecule has 0 N–H and O–H groups in total. The van der Waals surface area contributed by atoms with Gasteiger partial charge in [-0.1, -0.05) is 0 Å². The monoisotopic (exact) mass is 390 g/mol. The highest BCUT2D eigenvalue weighted by Crippen LogP contribution is 2.07. The van der Waals surface area contributed by atoms with Gasteiger partial charge in [-0.3, -0.25) is 0 Å². The fourth-order valence-electron chi connectivity index (χ4n) is 1.44. The number of ether oxygens (including phenoxy) is 6. The zero-order valence-electron chi connectivity index (χ0n) is 15.3. The molecule has 0 bridgehead atoms. The van der Waals surface area contributed by atoms with E-state index < -0.39 is 23.0 Å². The lowest BCUT2D eigenvalue weighted by molar-refractivity contribution is -0.113. The summed E-state index contributed by atoms with van der Waals surface area (Å²) in [5.41, 5.74) is 0. The van der Waals surface area contributed by atoms with E-state index in [2.05, 4.69) is 0 Å². The summed E-state index contributed by atoms with van der Waals surface area (Å²) in [5.74, 6) is 0. The topological polar surface area (TPSA) is 108 Å². The summed E-state index contributed by atoms with van der Waals surface area (Å²) in [5, 5.41) is 0. The van der Waals surface area contributed by atoms with E-state index in [0.29, 0.717) is 39.6 Å². The van der Waals surface area contributed by atoms with E-state index in [1.54, 1.807) is 14.2 Å². The Kier molecular flexibility index (Phi) is 15.6. The zero-order valence-corrected chi connectivity index (χ0v) is 16.1. The van der Waals surface area contributed by atoms with Gasteiger partial charge in [0.15, 0.2) is 12.6 Å². The molecule has 25 heavy (non-hydrogen) atoms. The molecule has 0 amide bonds. The highest BCUT2D eigenvalue weighted by Gasteiger charge is 2.21. The third kappa shape index (κ3) is 16.8. The van der Waals surface area contributed by atoms with Crippen LogP contribution >= 0.6 is 0 Å². The van der Waals surface area contributed by atoms with Gasteiger partial charge in [0.25, 0.3) is 0 Å². The van der Waals surface area contributed by atoms with Gasteiger partial charge < -0.3 is 28.4 Å². The summed E-state index contributed by atoms with van der Waals surface area (Å²) in [4.78, 5) is 0. The Morgan fingerprint density at radius 3 is 1.36 bits per heavy atom. The van der Waals surface area contributed by atoms with Crippen molar-refractivity contribution in [3.05, 3.63) is 0 Å². The molecule has 11 heteroatoms. The van der Waals surface area contributed by atoms with Crippen LogP contribution in [-0.2, 0) is 47.2 Å². The van der Waals surface area contributed by atoms with Crippen molar-refractivity contribution in [2.24, 2.45) is 0 Å². The zero-order chi connectivity index (χ0) is 19.0. The molecule has 0 heterocycles. The summed E-state index contributed by atoms with van der Waals surface area (Å²) in [6.45, 7) is 5.61. The van der Waals surface area contributed by atoms with Crippen molar-refractivity contribution in [1.82, 2.24) is 0 Å². The molecule has 0 aliphatic heterocycles. The molecule has 0 saturated heterocycles. The van der Waals surface area contributed by atoms with Crippen LogP contribution in [0, 0.1) is 0 Å². The fraction of sp³-hybridized carbons (Fsp3) is 1.00. The molecule has 0 spiro atoms. The van der Waals surface area contributed by atoms with Crippen LogP contribution in [0.4, 0.5) is 0 Å². The second kappa shape index (κ2) is 15.9. The maximum absolute atomic E-state index is 11.7. The van der Waals surface area contributed by atoms with Crippen molar-refractivity contribution in [2.45, 2.75) is 26.4 Å². The number of rotatable bonds is 18. The highest BCUT2D eigenvalue weighted by atomic mass is 32.3. The molecule has 0 aromatic carbocycles. The van der Waals surface area contributed by atoms with E-state index in [9.17, 15) is 8.42 Å². The predicted octanol–water partition coefficient (Wildman–Crippen LogP) is 0.316. The van der Waals surface area contributed by atoms with Gasteiger partial charge in [-0.2, -0.15) is 8.42 Å². The van der Waals surface area contributed by atoms with Crippen molar-refractivity contribution in [2.75, 3.05) is 67.1 Å². The Balaban J connectivity index is 3.79. The molecule has 152 valence electrons. The average molecular weight is 390 g/mol. The first-order valence-electron chi connectivity index (χ1n) is 7.89. The second-order valence-corrected chi connectivity index (χ2v) is 5.89.